The predicted octanol–water partition coefficient (Wildman–Crippen LogP) is 2.82. The van der Waals surface area contributed by atoms with Crippen LogP contribution < -0.4 is 0 Å². The SMILES string of the molecule is Cc1nc([C@H]2CCCN(C(=O)Cc3ccc4c(c3)CCC4)C2)no1. The Morgan fingerprint density at radius 3 is 3.00 bits per heavy atom. The highest BCUT2D eigenvalue weighted by atomic mass is 16.5. The Balaban J connectivity index is 1.42. The predicted molar refractivity (Wildman–Crippen MR) is 89.8 cm³/mol. The summed E-state index contributed by atoms with van der Waals surface area (Å²) in [6.45, 7) is 3.33. The van der Waals surface area contributed by atoms with Gasteiger partial charge in [-0.15, -0.1) is 0 Å². The molecule has 5 nitrogen and oxygen atoms in total. The summed E-state index contributed by atoms with van der Waals surface area (Å²) in [6, 6.07) is 6.54. The summed E-state index contributed by atoms with van der Waals surface area (Å²) in [5, 5.41) is 4.03. The molecule has 1 fully saturated rings. The largest absolute Gasteiger partial charge is 0.342 e. The topological polar surface area (TPSA) is 59.2 Å². The second-order valence-corrected chi connectivity index (χ2v) is 6.98. The fourth-order valence-electron chi connectivity index (χ4n) is 3.92. The molecule has 0 bridgehead atoms. The Morgan fingerprint density at radius 1 is 1.29 bits per heavy atom. The maximum Gasteiger partial charge on any atom is 0.227 e. The van der Waals surface area contributed by atoms with E-state index in [1.165, 1.54) is 24.0 Å². The van der Waals surface area contributed by atoms with Crippen LogP contribution >= 0.6 is 0 Å². The van der Waals surface area contributed by atoms with Gasteiger partial charge in [-0.25, -0.2) is 0 Å². The number of aryl methyl sites for hydroxylation is 3. The second kappa shape index (κ2) is 6.38. The number of likely N-dealkylation sites (tertiary alicyclic amines) is 1. The zero-order valence-electron chi connectivity index (χ0n) is 14.1. The van der Waals surface area contributed by atoms with Gasteiger partial charge in [-0.1, -0.05) is 23.4 Å². The molecule has 24 heavy (non-hydrogen) atoms. The summed E-state index contributed by atoms with van der Waals surface area (Å²) in [6.07, 6.45) is 6.08. The first-order valence-corrected chi connectivity index (χ1v) is 8.88. The molecule has 0 saturated carbocycles. The van der Waals surface area contributed by atoms with Gasteiger partial charge in [0.2, 0.25) is 11.8 Å². The van der Waals surface area contributed by atoms with Crippen LogP contribution in [0.2, 0.25) is 0 Å². The third-order valence-corrected chi connectivity index (χ3v) is 5.20. The fraction of sp³-hybridized carbons (Fsp3) is 0.526. The molecule has 2 aromatic rings. The lowest BCUT2D eigenvalue weighted by molar-refractivity contribution is -0.131. The fourth-order valence-corrected chi connectivity index (χ4v) is 3.92. The lowest BCUT2D eigenvalue weighted by Crippen LogP contribution is -2.40. The molecule has 2 aliphatic rings. The second-order valence-electron chi connectivity index (χ2n) is 6.98. The third-order valence-electron chi connectivity index (χ3n) is 5.20. The van der Waals surface area contributed by atoms with E-state index in [1.807, 2.05) is 4.90 Å². The van der Waals surface area contributed by atoms with Crippen LogP contribution in [-0.4, -0.2) is 34.0 Å². The highest BCUT2D eigenvalue weighted by Crippen LogP contribution is 2.26. The van der Waals surface area contributed by atoms with Crippen molar-refractivity contribution in [3.63, 3.8) is 0 Å². The molecule has 0 N–H and O–H groups in total. The average molecular weight is 325 g/mol. The van der Waals surface area contributed by atoms with Gasteiger partial charge in [-0.05, 0) is 48.8 Å². The Bertz CT molecular complexity index is 753. The molecule has 5 heteroatoms. The smallest absolute Gasteiger partial charge is 0.227 e. The number of rotatable bonds is 3. The first kappa shape index (κ1) is 15.4. The Hall–Kier alpha value is -2.17. The van der Waals surface area contributed by atoms with Crippen LogP contribution in [0.25, 0.3) is 0 Å². The van der Waals surface area contributed by atoms with Crippen LogP contribution in [0, 0.1) is 6.92 Å². The van der Waals surface area contributed by atoms with Crippen molar-refractivity contribution < 1.29 is 9.32 Å². The van der Waals surface area contributed by atoms with Crippen molar-refractivity contribution in [1.82, 2.24) is 15.0 Å². The maximum atomic E-state index is 12.7. The van der Waals surface area contributed by atoms with E-state index in [0.29, 0.717) is 18.9 Å². The average Bonchev–Trinajstić information content (AvgIpc) is 3.23. The first-order valence-electron chi connectivity index (χ1n) is 8.88. The molecule has 4 rings (SSSR count). The number of carbonyl (C=O) groups is 1. The molecule has 1 aromatic carbocycles. The molecule has 1 aliphatic carbocycles. The molecule has 1 atom stereocenters. The van der Waals surface area contributed by atoms with Crippen molar-refractivity contribution in [2.24, 2.45) is 0 Å². The number of fused-ring (bicyclic) bond motifs is 1. The molecule has 126 valence electrons. The zero-order valence-corrected chi connectivity index (χ0v) is 14.1. The van der Waals surface area contributed by atoms with Crippen LogP contribution in [0.3, 0.4) is 0 Å². The minimum absolute atomic E-state index is 0.195. The van der Waals surface area contributed by atoms with Crippen LogP contribution in [0.4, 0.5) is 0 Å². The van der Waals surface area contributed by atoms with Gasteiger partial charge in [-0.3, -0.25) is 4.79 Å². The zero-order chi connectivity index (χ0) is 16.5. The highest BCUT2D eigenvalue weighted by Gasteiger charge is 2.27. The standard InChI is InChI=1S/C19H23N3O2/c1-13-20-19(21-24-13)17-6-3-9-22(12-17)18(23)11-14-7-8-15-4-2-5-16(15)10-14/h7-8,10,17H,2-6,9,11-12H2,1H3/t17-/m0/s1. The molecule has 1 amide bonds. The van der Waals surface area contributed by atoms with E-state index in [0.717, 1.165) is 37.2 Å². The molecular formula is C19H23N3O2. The third kappa shape index (κ3) is 3.07. The monoisotopic (exact) mass is 325 g/mol. The highest BCUT2D eigenvalue weighted by molar-refractivity contribution is 5.79. The van der Waals surface area contributed by atoms with Crippen LogP contribution in [-0.2, 0) is 24.1 Å². The van der Waals surface area contributed by atoms with Crippen molar-refractivity contribution in [2.45, 2.75) is 51.4 Å². The van der Waals surface area contributed by atoms with Crippen molar-refractivity contribution >= 4 is 5.91 Å². The minimum Gasteiger partial charge on any atom is -0.342 e. The van der Waals surface area contributed by atoms with E-state index in [4.69, 9.17) is 4.52 Å². The summed E-state index contributed by atoms with van der Waals surface area (Å²) in [5.41, 5.74) is 4.02. The minimum atomic E-state index is 0.195. The molecular weight excluding hydrogens is 302 g/mol. The number of hydrogen-bond donors (Lipinski definition) is 0. The summed E-state index contributed by atoms with van der Waals surface area (Å²) in [5.74, 6) is 1.73. The van der Waals surface area contributed by atoms with Crippen molar-refractivity contribution in [1.29, 1.82) is 0 Å². The van der Waals surface area contributed by atoms with Crippen LogP contribution in [0.1, 0.15) is 53.6 Å². The van der Waals surface area contributed by atoms with Gasteiger partial charge in [0.15, 0.2) is 5.82 Å². The van der Waals surface area contributed by atoms with Gasteiger partial charge < -0.3 is 9.42 Å². The lowest BCUT2D eigenvalue weighted by atomic mass is 9.96. The van der Waals surface area contributed by atoms with Crippen molar-refractivity contribution in [2.75, 3.05) is 13.1 Å². The van der Waals surface area contributed by atoms with Gasteiger partial charge in [0, 0.05) is 25.9 Å². The molecule has 2 heterocycles. The van der Waals surface area contributed by atoms with Crippen LogP contribution in [0.5, 0.6) is 0 Å². The number of hydrogen-bond acceptors (Lipinski definition) is 4. The van der Waals surface area contributed by atoms with Gasteiger partial charge in [0.1, 0.15) is 0 Å². The Labute approximate surface area is 142 Å². The van der Waals surface area contributed by atoms with Gasteiger partial charge in [0.05, 0.1) is 6.42 Å². The number of nitrogens with zero attached hydrogens (tertiary/aromatic N) is 3. The summed E-state index contributed by atoms with van der Waals surface area (Å²) >= 11 is 0. The summed E-state index contributed by atoms with van der Waals surface area (Å²) in [7, 11) is 0. The maximum absolute atomic E-state index is 12.7. The van der Waals surface area contributed by atoms with Crippen molar-refractivity contribution in [3.05, 3.63) is 46.6 Å². The molecule has 1 aliphatic heterocycles. The lowest BCUT2D eigenvalue weighted by Gasteiger charge is -2.31. The number of aromatic nitrogens is 2. The van der Waals surface area contributed by atoms with Gasteiger partial charge >= 0.3 is 0 Å². The molecule has 0 radical (unpaired) electrons. The van der Waals surface area contributed by atoms with E-state index < -0.39 is 0 Å². The van der Waals surface area contributed by atoms with Crippen molar-refractivity contribution in [3.8, 4) is 0 Å². The van der Waals surface area contributed by atoms with Gasteiger partial charge in [-0.2, -0.15) is 4.98 Å². The van der Waals surface area contributed by atoms with E-state index in [9.17, 15) is 4.79 Å². The molecule has 1 aromatic heterocycles. The number of piperidine rings is 1. The normalized spacial score (nSPS) is 20.2. The van der Waals surface area contributed by atoms with E-state index >= 15 is 0 Å². The number of amides is 1. The van der Waals surface area contributed by atoms with E-state index in [2.05, 4.69) is 28.3 Å². The Kier molecular flexibility index (Phi) is 4.08. The summed E-state index contributed by atoms with van der Waals surface area (Å²) < 4.78 is 5.09. The first-order chi connectivity index (χ1) is 11.7. The molecule has 0 spiro atoms. The Morgan fingerprint density at radius 2 is 2.17 bits per heavy atom. The van der Waals surface area contributed by atoms with Crippen LogP contribution in [0.15, 0.2) is 22.7 Å². The number of benzene rings is 1. The molecule has 0 unspecified atom stereocenters. The molecule has 1 saturated heterocycles. The number of carbonyl (C=O) groups excluding carboxylic acids is 1. The van der Waals surface area contributed by atoms with Gasteiger partial charge in [0.25, 0.3) is 0 Å². The van der Waals surface area contributed by atoms with E-state index in [-0.39, 0.29) is 11.8 Å². The quantitative estimate of drug-likeness (QED) is 0.871. The summed E-state index contributed by atoms with van der Waals surface area (Å²) in [4.78, 5) is 19.0. The van der Waals surface area contributed by atoms with E-state index in [1.54, 1.807) is 6.92 Å².